The Balaban J connectivity index is 0.00000200. The summed E-state index contributed by atoms with van der Waals surface area (Å²) in [6.07, 6.45) is 2.18. The van der Waals surface area contributed by atoms with E-state index in [4.69, 9.17) is 17.3 Å². The first kappa shape index (κ1) is 17.3. The molecule has 1 saturated heterocycles. The van der Waals surface area contributed by atoms with E-state index in [-0.39, 0.29) is 24.4 Å². The zero-order valence-electron chi connectivity index (χ0n) is 11.9. The highest BCUT2D eigenvalue weighted by atomic mass is 35.5. The van der Waals surface area contributed by atoms with Crippen LogP contribution in [0, 0.1) is 12.8 Å². The van der Waals surface area contributed by atoms with Gasteiger partial charge in [-0.2, -0.15) is 0 Å². The molecule has 0 aliphatic carbocycles. The zero-order chi connectivity index (χ0) is 14.0. The highest BCUT2D eigenvalue weighted by Crippen LogP contribution is 2.25. The van der Waals surface area contributed by atoms with E-state index in [2.05, 4.69) is 6.92 Å². The molecule has 2 unspecified atom stereocenters. The molecule has 20 heavy (non-hydrogen) atoms. The number of hydrogen-bond donors (Lipinski definition) is 1. The van der Waals surface area contributed by atoms with Crippen LogP contribution >= 0.6 is 24.0 Å². The molecule has 0 radical (unpaired) electrons. The monoisotopic (exact) mass is 316 g/mol. The molecule has 1 amide bonds. The molecule has 5 heteroatoms. The van der Waals surface area contributed by atoms with Crippen LogP contribution in [0.4, 0.5) is 0 Å². The first-order valence-electron chi connectivity index (χ1n) is 6.81. The van der Waals surface area contributed by atoms with Crippen molar-refractivity contribution in [3.8, 4) is 0 Å². The van der Waals surface area contributed by atoms with Crippen molar-refractivity contribution in [3.05, 3.63) is 34.3 Å². The molecule has 2 N–H and O–H groups in total. The van der Waals surface area contributed by atoms with Crippen LogP contribution in [0.5, 0.6) is 0 Å². The van der Waals surface area contributed by atoms with Crippen LogP contribution in [0.3, 0.4) is 0 Å². The van der Waals surface area contributed by atoms with Crippen LogP contribution in [0.2, 0.25) is 5.02 Å². The molecule has 3 nitrogen and oxygen atoms in total. The standard InChI is InChI=1S/C15H21ClN2O.ClH/c1-10-5-6-12(8-13(10)16)15(19)18-7-3-4-11(2)14(18)9-17;/h5-6,8,11,14H,3-4,7,9,17H2,1-2H3;1H. The van der Waals surface area contributed by atoms with Crippen molar-refractivity contribution < 1.29 is 4.79 Å². The second kappa shape index (κ2) is 7.30. The molecule has 1 aromatic rings. The largest absolute Gasteiger partial charge is 0.334 e. The lowest BCUT2D eigenvalue weighted by atomic mass is 9.90. The van der Waals surface area contributed by atoms with Crippen molar-refractivity contribution in [2.45, 2.75) is 32.7 Å². The summed E-state index contributed by atoms with van der Waals surface area (Å²) in [5, 5.41) is 0.639. The molecule has 1 fully saturated rings. The maximum Gasteiger partial charge on any atom is 0.254 e. The molecule has 2 atom stereocenters. The molecule has 0 spiro atoms. The number of hydrogen-bond acceptors (Lipinski definition) is 2. The number of nitrogens with zero attached hydrogens (tertiary/aromatic N) is 1. The van der Waals surface area contributed by atoms with Crippen LogP contribution in [0.25, 0.3) is 0 Å². The Hall–Kier alpha value is -0.770. The molecule has 112 valence electrons. The van der Waals surface area contributed by atoms with Gasteiger partial charge in [0.15, 0.2) is 0 Å². The summed E-state index contributed by atoms with van der Waals surface area (Å²) in [5.74, 6) is 0.507. The zero-order valence-corrected chi connectivity index (χ0v) is 13.5. The Morgan fingerprint density at radius 2 is 2.20 bits per heavy atom. The van der Waals surface area contributed by atoms with Gasteiger partial charge in [-0.1, -0.05) is 24.6 Å². The van der Waals surface area contributed by atoms with Gasteiger partial charge in [0.2, 0.25) is 0 Å². The number of amides is 1. The Kier molecular flexibility index (Phi) is 6.31. The molecule has 0 bridgehead atoms. The van der Waals surface area contributed by atoms with Crippen molar-refractivity contribution in [1.82, 2.24) is 4.90 Å². The topological polar surface area (TPSA) is 46.3 Å². The van der Waals surface area contributed by atoms with Gasteiger partial charge >= 0.3 is 0 Å². The van der Waals surface area contributed by atoms with Crippen molar-refractivity contribution in [2.24, 2.45) is 11.7 Å². The summed E-state index contributed by atoms with van der Waals surface area (Å²) < 4.78 is 0. The van der Waals surface area contributed by atoms with E-state index in [9.17, 15) is 4.79 Å². The fourth-order valence-electron chi connectivity index (χ4n) is 2.75. The van der Waals surface area contributed by atoms with Crippen LogP contribution in [-0.4, -0.2) is 29.9 Å². The van der Waals surface area contributed by atoms with E-state index >= 15 is 0 Å². The molecule has 1 aromatic carbocycles. The van der Waals surface area contributed by atoms with Gasteiger partial charge in [0.1, 0.15) is 0 Å². The minimum absolute atomic E-state index is 0. The van der Waals surface area contributed by atoms with Crippen LogP contribution in [0.15, 0.2) is 18.2 Å². The summed E-state index contributed by atoms with van der Waals surface area (Å²) in [7, 11) is 0. The van der Waals surface area contributed by atoms with Crippen molar-refractivity contribution in [2.75, 3.05) is 13.1 Å². The molecule has 1 heterocycles. The Morgan fingerprint density at radius 1 is 1.50 bits per heavy atom. The van der Waals surface area contributed by atoms with Crippen molar-refractivity contribution >= 4 is 29.9 Å². The highest BCUT2D eigenvalue weighted by Gasteiger charge is 2.31. The lowest BCUT2D eigenvalue weighted by Gasteiger charge is -2.39. The van der Waals surface area contributed by atoms with E-state index < -0.39 is 0 Å². The molecular weight excluding hydrogens is 295 g/mol. The average Bonchev–Trinajstić information content (AvgIpc) is 2.40. The van der Waals surface area contributed by atoms with Gasteiger partial charge in [-0.15, -0.1) is 12.4 Å². The number of rotatable bonds is 2. The molecule has 0 aromatic heterocycles. The molecule has 2 rings (SSSR count). The molecule has 1 aliphatic rings. The normalized spacial score (nSPS) is 22.3. The number of carbonyl (C=O) groups is 1. The van der Waals surface area contributed by atoms with Gasteiger partial charge in [0, 0.05) is 29.7 Å². The van der Waals surface area contributed by atoms with Gasteiger partial charge in [0.05, 0.1) is 0 Å². The summed E-state index contributed by atoms with van der Waals surface area (Å²) >= 11 is 6.10. The summed E-state index contributed by atoms with van der Waals surface area (Å²) in [6.45, 7) is 5.41. The van der Waals surface area contributed by atoms with Crippen LogP contribution < -0.4 is 5.73 Å². The Bertz CT molecular complexity index is 479. The third-order valence-corrected chi connectivity index (χ3v) is 4.44. The van der Waals surface area contributed by atoms with E-state index in [1.165, 1.54) is 0 Å². The molecule has 0 saturated carbocycles. The summed E-state index contributed by atoms with van der Waals surface area (Å²) in [5.41, 5.74) is 7.48. The summed E-state index contributed by atoms with van der Waals surface area (Å²) in [4.78, 5) is 14.5. The quantitative estimate of drug-likeness (QED) is 0.910. The predicted octanol–water partition coefficient (Wildman–Crippen LogP) is 3.27. The Labute approximate surface area is 131 Å². The average molecular weight is 317 g/mol. The first-order valence-corrected chi connectivity index (χ1v) is 7.19. The number of piperidine rings is 1. The smallest absolute Gasteiger partial charge is 0.254 e. The lowest BCUT2D eigenvalue weighted by molar-refractivity contribution is 0.0532. The third-order valence-electron chi connectivity index (χ3n) is 4.04. The third kappa shape index (κ3) is 3.46. The van der Waals surface area contributed by atoms with Gasteiger partial charge < -0.3 is 10.6 Å². The highest BCUT2D eigenvalue weighted by molar-refractivity contribution is 6.31. The van der Waals surface area contributed by atoms with E-state index in [0.29, 0.717) is 23.0 Å². The predicted molar refractivity (Wildman–Crippen MR) is 85.7 cm³/mol. The van der Waals surface area contributed by atoms with E-state index in [0.717, 1.165) is 24.9 Å². The van der Waals surface area contributed by atoms with Gasteiger partial charge in [-0.3, -0.25) is 4.79 Å². The van der Waals surface area contributed by atoms with E-state index in [1.54, 1.807) is 6.07 Å². The first-order chi connectivity index (χ1) is 9.04. The molecular formula is C15H22Cl2N2O. The van der Waals surface area contributed by atoms with Crippen molar-refractivity contribution in [3.63, 3.8) is 0 Å². The molecule has 1 aliphatic heterocycles. The SMILES string of the molecule is Cc1ccc(C(=O)N2CCCC(C)C2CN)cc1Cl.Cl. The Morgan fingerprint density at radius 3 is 2.80 bits per heavy atom. The van der Waals surface area contributed by atoms with Crippen LogP contribution in [0.1, 0.15) is 35.7 Å². The number of carbonyl (C=O) groups excluding carboxylic acids is 1. The van der Waals surface area contributed by atoms with Gasteiger partial charge in [0.25, 0.3) is 5.91 Å². The second-order valence-electron chi connectivity index (χ2n) is 5.39. The minimum Gasteiger partial charge on any atom is -0.334 e. The maximum atomic E-state index is 12.6. The lowest BCUT2D eigenvalue weighted by Crippen LogP contribution is -2.51. The minimum atomic E-state index is 0. The van der Waals surface area contributed by atoms with E-state index in [1.807, 2.05) is 24.0 Å². The maximum absolute atomic E-state index is 12.6. The number of nitrogens with two attached hydrogens (primary N) is 1. The fraction of sp³-hybridized carbons (Fsp3) is 0.533. The number of benzene rings is 1. The number of halogens is 2. The van der Waals surface area contributed by atoms with Gasteiger partial charge in [-0.05, 0) is 43.4 Å². The fourth-order valence-corrected chi connectivity index (χ4v) is 2.93. The number of aryl methyl sites for hydroxylation is 1. The van der Waals surface area contributed by atoms with Crippen molar-refractivity contribution in [1.29, 1.82) is 0 Å². The summed E-state index contributed by atoms with van der Waals surface area (Å²) in [6, 6.07) is 5.63. The second-order valence-corrected chi connectivity index (χ2v) is 5.79. The van der Waals surface area contributed by atoms with Crippen LogP contribution in [-0.2, 0) is 0 Å². The van der Waals surface area contributed by atoms with Gasteiger partial charge in [-0.25, -0.2) is 0 Å². The number of likely N-dealkylation sites (tertiary alicyclic amines) is 1.